The molecule has 3 heteroatoms. The first-order chi connectivity index (χ1) is 29.3. The molecule has 0 spiro atoms. The largest absolute Gasteiger partial charge is 0.310 e. The van der Waals surface area contributed by atoms with Crippen LogP contribution in [0.5, 0.6) is 0 Å². The van der Waals surface area contributed by atoms with Crippen molar-refractivity contribution in [2.24, 2.45) is 0 Å². The second kappa shape index (κ2) is 13.6. The first kappa shape index (κ1) is 33.7. The zero-order valence-corrected chi connectivity index (χ0v) is 32.9. The highest BCUT2D eigenvalue weighted by Crippen LogP contribution is 2.47. The molecule has 0 aliphatic carbocycles. The Morgan fingerprint density at radius 1 is 0.339 bits per heavy atom. The van der Waals surface area contributed by atoms with E-state index in [-0.39, 0.29) is 0 Å². The quantitative estimate of drug-likeness (QED) is 0.153. The number of thiophene rings is 1. The van der Waals surface area contributed by atoms with Crippen molar-refractivity contribution in [2.75, 3.05) is 4.90 Å². The molecule has 2 nitrogen and oxygen atoms in total. The fourth-order valence-electron chi connectivity index (χ4n) is 9.29. The molecule has 0 fully saturated rings. The lowest BCUT2D eigenvalue weighted by Crippen LogP contribution is -2.12. The first-order valence-electron chi connectivity index (χ1n) is 20.2. The summed E-state index contributed by atoms with van der Waals surface area (Å²) in [5.74, 6) is 0. The van der Waals surface area contributed by atoms with Gasteiger partial charge < -0.3 is 9.47 Å². The molecule has 0 saturated heterocycles. The van der Waals surface area contributed by atoms with Gasteiger partial charge in [0.1, 0.15) is 0 Å². The maximum absolute atomic E-state index is 2.48. The van der Waals surface area contributed by atoms with Gasteiger partial charge in [0.15, 0.2) is 0 Å². The van der Waals surface area contributed by atoms with Gasteiger partial charge in [-0.15, -0.1) is 11.3 Å². The number of fused-ring (bicyclic) bond motifs is 9. The van der Waals surface area contributed by atoms with Gasteiger partial charge in [0.2, 0.25) is 0 Å². The van der Waals surface area contributed by atoms with E-state index < -0.39 is 0 Å². The van der Waals surface area contributed by atoms with Crippen molar-refractivity contribution < 1.29 is 0 Å². The lowest BCUT2D eigenvalue weighted by molar-refractivity contribution is 1.17. The molecule has 0 saturated carbocycles. The van der Waals surface area contributed by atoms with Crippen molar-refractivity contribution in [3.8, 4) is 27.9 Å². The summed E-state index contributed by atoms with van der Waals surface area (Å²) in [7, 11) is 0. The number of nitrogens with zero attached hydrogens (tertiary/aromatic N) is 2. The highest BCUT2D eigenvalue weighted by molar-refractivity contribution is 7.25. The Morgan fingerprint density at radius 3 is 1.76 bits per heavy atom. The number of rotatable bonds is 6. The van der Waals surface area contributed by atoms with Gasteiger partial charge in [-0.05, 0) is 105 Å². The minimum atomic E-state index is 1.08. The van der Waals surface area contributed by atoms with Crippen LogP contribution in [-0.2, 0) is 0 Å². The minimum absolute atomic E-state index is 1.08. The molecule has 59 heavy (non-hydrogen) atoms. The Balaban J connectivity index is 1.15. The summed E-state index contributed by atoms with van der Waals surface area (Å²) in [4.78, 5) is 2.48. The lowest BCUT2D eigenvalue weighted by atomic mass is 9.91. The standard InChI is InChI=1S/C56H36N2S/c1-2-15-37(16-3-1)44-31-29-39(50-33-38-17-4-5-20-43(38)45-21-6-7-22-46(45)50)34-54(44)57(42-30-32-56-51(36-42)49-25-10-13-28-55(49)59-56)40-18-14-19-41(35-40)58-52-26-11-8-23-47(52)48-24-9-12-27-53(48)58/h1-36H. The molecular formula is C56H36N2S. The summed E-state index contributed by atoms with van der Waals surface area (Å²) < 4.78 is 5.00. The normalized spacial score (nSPS) is 11.7. The Hall–Kier alpha value is -7.46. The molecular weight excluding hydrogens is 733 g/mol. The van der Waals surface area contributed by atoms with Gasteiger partial charge in [-0.3, -0.25) is 0 Å². The van der Waals surface area contributed by atoms with Crippen LogP contribution in [0.25, 0.3) is 91.5 Å². The van der Waals surface area contributed by atoms with Crippen LogP contribution in [0.1, 0.15) is 0 Å². The summed E-state index contributed by atoms with van der Waals surface area (Å²) in [6.45, 7) is 0. The minimum Gasteiger partial charge on any atom is -0.310 e. The fraction of sp³-hybridized carbons (Fsp3) is 0. The second-order valence-electron chi connectivity index (χ2n) is 15.3. The Bertz CT molecular complexity index is 3520. The smallest absolute Gasteiger partial charge is 0.0546 e. The summed E-state index contributed by atoms with van der Waals surface area (Å²) in [6, 6.07) is 80.2. The molecule has 0 unspecified atom stereocenters. The van der Waals surface area contributed by atoms with E-state index in [1.165, 1.54) is 80.2 Å². The predicted molar refractivity (Wildman–Crippen MR) is 254 cm³/mol. The van der Waals surface area contributed by atoms with Crippen LogP contribution in [0.2, 0.25) is 0 Å². The molecule has 2 aromatic heterocycles. The van der Waals surface area contributed by atoms with Gasteiger partial charge in [0.25, 0.3) is 0 Å². The number of benzene rings is 10. The number of anilines is 3. The highest BCUT2D eigenvalue weighted by Gasteiger charge is 2.22. The summed E-state index contributed by atoms with van der Waals surface area (Å²) in [5, 5.41) is 10.1. The van der Waals surface area contributed by atoms with E-state index in [4.69, 9.17) is 0 Å². The lowest BCUT2D eigenvalue weighted by Gasteiger charge is -2.29. The van der Waals surface area contributed by atoms with Gasteiger partial charge in [-0.2, -0.15) is 0 Å². The Labute approximate surface area is 346 Å². The average molecular weight is 769 g/mol. The third-order valence-electron chi connectivity index (χ3n) is 11.9. The summed E-state index contributed by atoms with van der Waals surface area (Å²) in [5.41, 5.74) is 11.5. The van der Waals surface area contributed by atoms with E-state index in [9.17, 15) is 0 Å². The van der Waals surface area contributed by atoms with Crippen LogP contribution in [0.4, 0.5) is 17.1 Å². The van der Waals surface area contributed by atoms with Crippen LogP contribution < -0.4 is 4.90 Å². The molecule has 12 aromatic rings. The third kappa shape index (κ3) is 5.47. The maximum Gasteiger partial charge on any atom is 0.0546 e. The molecule has 0 radical (unpaired) electrons. The SMILES string of the molecule is c1ccc(-c2ccc(-c3cc4ccccc4c4ccccc34)cc2N(c2cccc(-n3c4ccccc4c4ccccc43)c2)c2ccc3sc4ccccc4c3c2)cc1. The van der Waals surface area contributed by atoms with E-state index in [0.29, 0.717) is 0 Å². The average Bonchev–Trinajstić information content (AvgIpc) is 3.85. The predicted octanol–water partition coefficient (Wildman–Crippen LogP) is 16.3. The molecule has 2 heterocycles. The van der Waals surface area contributed by atoms with Crippen LogP contribution in [0.3, 0.4) is 0 Å². The van der Waals surface area contributed by atoms with Crippen LogP contribution in [0, 0.1) is 0 Å². The number of hydrogen-bond donors (Lipinski definition) is 0. The fourth-order valence-corrected chi connectivity index (χ4v) is 10.4. The van der Waals surface area contributed by atoms with Gasteiger partial charge in [0.05, 0.1) is 16.7 Å². The van der Waals surface area contributed by atoms with Gasteiger partial charge in [-0.25, -0.2) is 0 Å². The molecule has 0 N–H and O–H groups in total. The highest BCUT2D eigenvalue weighted by atomic mass is 32.1. The molecule has 0 amide bonds. The zero-order valence-electron chi connectivity index (χ0n) is 32.1. The third-order valence-corrected chi connectivity index (χ3v) is 13.1. The van der Waals surface area contributed by atoms with Crippen molar-refractivity contribution in [1.82, 2.24) is 4.57 Å². The number of hydrogen-bond acceptors (Lipinski definition) is 2. The van der Waals surface area contributed by atoms with Crippen LogP contribution >= 0.6 is 11.3 Å². The van der Waals surface area contributed by atoms with Crippen LogP contribution in [0.15, 0.2) is 218 Å². The monoisotopic (exact) mass is 768 g/mol. The Kier molecular flexibility index (Phi) is 7.75. The second-order valence-corrected chi connectivity index (χ2v) is 16.4. The summed E-state index contributed by atoms with van der Waals surface area (Å²) in [6.07, 6.45) is 0. The first-order valence-corrected chi connectivity index (χ1v) is 21.0. The van der Waals surface area contributed by atoms with Crippen LogP contribution in [-0.4, -0.2) is 4.57 Å². The maximum atomic E-state index is 2.48. The van der Waals surface area contributed by atoms with E-state index in [1.807, 2.05) is 11.3 Å². The molecule has 0 atom stereocenters. The van der Waals surface area contributed by atoms with Crippen molar-refractivity contribution >= 4 is 91.9 Å². The van der Waals surface area contributed by atoms with Gasteiger partial charge in [0, 0.05) is 53.6 Å². The van der Waals surface area contributed by atoms with E-state index in [2.05, 4.69) is 228 Å². The Morgan fingerprint density at radius 2 is 0.966 bits per heavy atom. The van der Waals surface area contributed by atoms with Crippen molar-refractivity contribution in [3.63, 3.8) is 0 Å². The van der Waals surface area contributed by atoms with Gasteiger partial charge >= 0.3 is 0 Å². The molecule has 0 bridgehead atoms. The van der Waals surface area contributed by atoms with E-state index >= 15 is 0 Å². The molecule has 276 valence electrons. The molecule has 0 aliphatic rings. The van der Waals surface area contributed by atoms with Crippen molar-refractivity contribution in [1.29, 1.82) is 0 Å². The molecule has 0 aliphatic heterocycles. The number of para-hydroxylation sites is 2. The zero-order chi connectivity index (χ0) is 38.9. The number of aromatic nitrogens is 1. The topological polar surface area (TPSA) is 8.17 Å². The molecule has 10 aromatic carbocycles. The van der Waals surface area contributed by atoms with Gasteiger partial charge in [-0.1, -0.05) is 152 Å². The summed E-state index contributed by atoms with van der Waals surface area (Å²) >= 11 is 1.86. The van der Waals surface area contributed by atoms with Crippen molar-refractivity contribution in [2.45, 2.75) is 0 Å². The van der Waals surface area contributed by atoms with E-state index in [0.717, 1.165) is 28.3 Å². The van der Waals surface area contributed by atoms with E-state index in [1.54, 1.807) is 0 Å². The molecule has 12 rings (SSSR count). The van der Waals surface area contributed by atoms with Crippen molar-refractivity contribution in [3.05, 3.63) is 218 Å².